The Hall–Kier alpha value is -1.55. The van der Waals surface area contributed by atoms with Crippen molar-refractivity contribution in [2.24, 2.45) is 0 Å². The van der Waals surface area contributed by atoms with Crippen LogP contribution in [0.2, 0.25) is 0 Å². The molecule has 0 aliphatic carbocycles. The standard InChI is InChI=1S/C14H22N2O2/c1-5-16(3)14(17)10-15-9-12-6-7-13(18-4)11(2)8-12/h6-8,15H,5,9-10H2,1-4H3. The number of nitrogens with zero attached hydrogens (tertiary/aromatic N) is 1. The maximum atomic E-state index is 11.6. The molecule has 0 saturated heterocycles. The van der Waals surface area contributed by atoms with Crippen molar-refractivity contribution in [2.75, 3.05) is 27.2 Å². The van der Waals surface area contributed by atoms with Gasteiger partial charge in [-0.2, -0.15) is 0 Å². The number of nitrogens with one attached hydrogen (secondary N) is 1. The minimum atomic E-state index is 0.114. The molecule has 4 heteroatoms. The topological polar surface area (TPSA) is 41.6 Å². The van der Waals surface area contributed by atoms with Crippen molar-refractivity contribution < 1.29 is 9.53 Å². The number of likely N-dealkylation sites (N-methyl/N-ethyl adjacent to an activating group) is 1. The molecular weight excluding hydrogens is 228 g/mol. The van der Waals surface area contributed by atoms with E-state index in [0.29, 0.717) is 13.1 Å². The van der Waals surface area contributed by atoms with Crippen molar-refractivity contribution in [2.45, 2.75) is 20.4 Å². The van der Waals surface area contributed by atoms with Crippen molar-refractivity contribution in [3.63, 3.8) is 0 Å². The van der Waals surface area contributed by atoms with Gasteiger partial charge in [0.15, 0.2) is 0 Å². The summed E-state index contributed by atoms with van der Waals surface area (Å²) in [5.74, 6) is 1.00. The van der Waals surface area contributed by atoms with Crippen LogP contribution >= 0.6 is 0 Å². The minimum Gasteiger partial charge on any atom is -0.496 e. The summed E-state index contributed by atoms with van der Waals surface area (Å²) in [6.07, 6.45) is 0. The van der Waals surface area contributed by atoms with Gasteiger partial charge in [0.05, 0.1) is 13.7 Å². The molecule has 0 atom stereocenters. The van der Waals surface area contributed by atoms with Gasteiger partial charge >= 0.3 is 0 Å². The van der Waals surface area contributed by atoms with E-state index in [1.165, 1.54) is 0 Å². The van der Waals surface area contributed by atoms with Crippen LogP contribution in [0.15, 0.2) is 18.2 Å². The summed E-state index contributed by atoms with van der Waals surface area (Å²) in [6.45, 7) is 5.77. The molecule has 1 N–H and O–H groups in total. The van der Waals surface area contributed by atoms with Gasteiger partial charge in [0.2, 0.25) is 5.91 Å². The Bertz CT molecular complexity index is 405. The van der Waals surface area contributed by atoms with E-state index in [9.17, 15) is 4.79 Å². The molecule has 1 rings (SSSR count). The van der Waals surface area contributed by atoms with E-state index in [0.717, 1.165) is 23.4 Å². The SMILES string of the molecule is CCN(C)C(=O)CNCc1ccc(OC)c(C)c1. The van der Waals surface area contributed by atoms with Crippen LogP contribution in [0.4, 0.5) is 0 Å². The lowest BCUT2D eigenvalue weighted by atomic mass is 10.1. The largest absolute Gasteiger partial charge is 0.496 e. The van der Waals surface area contributed by atoms with Gasteiger partial charge in [0, 0.05) is 20.1 Å². The summed E-state index contributed by atoms with van der Waals surface area (Å²) >= 11 is 0. The molecule has 0 fully saturated rings. The van der Waals surface area contributed by atoms with Crippen LogP contribution in [0.25, 0.3) is 0 Å². The molecule has 0 radical (unpaired) electrons. The first-order chi connectivity index (χ1) is 8.58. The summed E-state index contributed by atoms with van der Waals surface area (Å²) in [6, 6.07) is 6.03. The molecule has 100 valence electrons. The van der Waals surface area contributed by atoms with Crippen LogP contribution in [0.1, 0.15) is 18.1 Å². The quantitative estimate of drug-likeness (QED) is 0.833. The molecule has 0 spiro atoms. The number of methoxy groups -OCH3 is 1. The molecule has 18 heavy (non-hydrogen) atoms. The minimum absolute atomic E-state index is 0.114. The highest BCUT2D eigenvalue weighted by atomic mass is 16.5. The number of amides is 1. The van der Waals surface area contributed by atoms with E-state index in [2.05, 4.69) is 11.4 Å². The summed E-state index contributed by atoms with van der Waals surface area (Å²) < 4.78 is 5.21. The first kappa shape index (κ1) is 14.5. The Labute approximate surface area is 109 Å². The van der Waals surface area contributed by atoms with Gasteiger partial charge in [-0.15, -0.1) is 0 Å². The van der Waals surface area contributed by atoms with Gasteiger partial charge < -0.3 is 15.0 Å². The molecule has 0 unspecified atom stereocenters. The average molecular weight is 250 g/mol. The molecule has 4 nitrogen and oxygen atoms in total. The Morgan fingerprint density at radius 1 is 1.44 bits per heavy atom. The Balaban J connectivity index is 2.45. The zero-order valence-electron chi connectivity index (χ0n) is 11.6. The van der Waals surface area contributed by atoms with Gasteiger partial charge in [-0.25, -0.2) is 0 Å². The third kappa shape index (κ3) is 4.04. The van der Waals surface area contributed by atoms with Crippen LogP contribution in [0.3, 0.4) is 0 Å². The maximum absolute atomic E-state index is 11.6. The van der Waals surface area contributed by atoms with E-state index >= 15 is 0 Å². The Kier molecular flexibility index (Phi) is 5.65. The van der Waals surface area contributed by atoms with E-state index in [-0.39, 0.29) is 5.91 Å². The summed E-state index contributed by atoms with van der Waals surface area (Å²) in [5.41, 5.74) is 2.26. The lowest BCUT2D eigenvalue weighted by Crippen LogP contribution is -2.35. The fourth-order valence-corrected chi connectivity index (χ4v) is 1.68. The van der Waals surface area contributed by atoms with Crippen molar-refractivity contribution in [1.82, 2.24) is 10.2 Å². The highest BCUT2D eigenvalue weighted by Gasteiger charge is 2.05. The monoisotopic (exact) mass is 250 g/mol. The summed E-state index contributed by atoms with van der Waals surface area (Å²) in [4.78, 5) is 13.3. The van der Waals surface area contributed by atoms with Crippen LogP contribution in [-0.4, -0.2) is 38.1 Å². The number of ether oxygens (including phenoxy) is 1. The van der Waals surface area contributed by atoms with Crippen LogP contribution < -0.4 is 10.1 Å². The predicted octanol–water partition coefficient (Wildman–Crippen LogP) is 1.57. The number of benzene rings is 1. The second-order valence-electron chi connectivity index (χ2n) is 4.32. The molecule has 0 aromatic heterocycles. The first-order valence-electron chi connectivity index (χ1n) is 6.16. The Morgan fingerprint density at radius 3 is 2.72 bits per heavy atom. The van der Waals surface area contributed by atoms with E-state index < -0.39 is 0 Å². The van der Waals surface area contributed by atoms with E-state index in [4.69, 9.17) is 4.74 Å². The second kappa shape index (κ2) is 7.01. The van der Waals surface area contributed by atoms with Crippen molar-refractivity contribution in [3.8, 4) is 5.75 Å². The van der Waals surface area contributed by atoms with Crippen LogP contribution in [-0.2, 0) is 11.3 Å². The zero-order valence-corrected chi connectivity index (χ0v) is 11.6. The molecular formula is C14H22N2O2. The molecule has 0 aliphatic heterocycles. The maximum Gasteiger partial charge on any atom is 0.236 e. The van der Waals surface area contributed by atoms with E-state index in [1.54, 1.807) is 12.0 Å². The number of hydrogen-bond acceptors (Lipinski definition) is 3. The Morgan fingerprint density at radius 2 is 2.17 bits per heavy atom. The van der Waals surface area contributed by atoms with Gasteiger partial charge in [0.1, 0.15) is 5.75 Å². The second-order valence-corrected chi connectivity index (χ2v) is 4.32. The first-order valence-corrected chi connectivity index (χ1v) is 6.16. The number of aryl methyl sites for hydroxylation is 1. The van der Waals surface area contributed by atoms with Crippen LogP contribution in [0, 0.1) is 6.92 Å². The third-order valence-corrected chi connectivity index (χ3v) is 2.96. The van der Waals surface area contributed by atoms with Gasteiger partial charge in [0.25, 0.3) is 0 Å². The molecule has 0 bridgehead atoms. The normalized spacial score (nSPS) is 10.2. The van der Waals surface area contributed by atoms with Gasteiger partial charge in [-0.3, -0.25) is 4.79 Å². The highest BCUT2D eigenvalue weighted by molar-refractivity contribution is 5.77. The smallest absolute Gasteiger partial charge is 0.236 e. The molecule has 1 aromatic rings. The molecule has 0 heterocycles. The molecule has 1 amide bonds. The van der Waals surface area contributed by atoms with Crippen molar-refractivity contribution in [1.29, 1.82) is 0 Å². The van der Waals surface area contributed by atoms with E-state index in [1.807, 2.05) is 33.0 Å². The summed E-state index contributed by atoms with van der Waals surface area (Å²) in [5, 5.41) is 3.15. The lowest BCUT2D eigenvalue weighted by Gasteiger charge is -2.15. The predicted molar refractivity (Wildman–Crippen MR) is 72.7 cm³/mol. The highest BCUT2D eigenvalue weighted by Crippen LogP contribution is 2.18. The number of carbonyl (C=O) groups excluding carboxylic acids is 1. The average Bonchev–Trinajstić information content (AvgIpc) is 2.37. The molecule has 0 aliphatic rings. The fraction of sp³-hybridized carbons (Fsp3) is 0.500. The van der Waals surface area contributed by atoms with Gasteiger partial charge in [-0.1, -0.05) is 12.1 Å². The number of rotatable bonds is 6. The van der Waals surface area contributed by atoms with Crippen molar-refractivity contribution >= 4 is 5.91 Å². The third-order valence-electron chi connectivity index (χ3n) is 2.96. The van der Waals surface area contributed by atoms with Gasteiger partial charge in [-0.05, 0) is 31.0 Å². The lowest BCUT2D eigenvalue weighted by molar-refractivity contribution is -0.128. The number of carbonyl (C=O) groups is 1. The molecule has 1 aromatic carbocycles. The zero-order chi connectivity index (χ0) is 13.5. The number of hydrogen-bond donors (Lipinski definition) is 1. The molecule has 0 saturated carbocycles. The fourth-order valence-electron chi connectivity index (χ4n) is 1.68. The van der Waals surface area contributed by atoms with Crippen LogP contribution in [0.5, 0.6) is 5.75 Å². The summed E-state index contributed by atoms with van der Waals surface area (Å²) in [7, 11) is 3.47. The van der Waals surface area contributed by atoms with Crippen molar-refractivity contribution in [3.05, 3.63) is 29.3 Å².